The molecule has 0 rings (SSSR count). The Bertz CT molecular complexity index is 15.5. The van der Waals surface area contributed by atoms with E-state index in [4.69, 9.17) is 0 Å². The van der Waals surface area contributed by atoms with Gasteiger partial charge in [0.15, 0.2) is 0 Å². The summed E-state index contributed by atoms with van der Waals surface area (Å²) < 4.78 is 0. The third-order valence-corrected chi connectivity index (χ3v) is 0. The number of rotatable bonds is 0. The van der Waals surface area contributed by atoms with Gasteiger partial charge in [0.25, 0.3) is 0 Å². The van der Waals surface area contributed by atoms with Crippen molar-refractivity contribution in [3.63, 3.8) is 0 Å². The molecule has 0 saturated carbocycles. The molecule has 0 aliphatic carbocycles. The summed E-state index contributed by atoms with van der Waals surface area (Å²) in [6, 6.07) is 0. The Kier molecular flexibility index (Phi) is 356. The van der Waals surface area contributed by atoms with Crippen molar-refractivity contribution in [2.24, 2.45) is 0 Å². The smallest absolute Gasteiger partial charge is 0 e. The third kappa shape index (κ3) is 25.7. The molecule has 0 aliphatic heterocycles. The van der Waals surface area contributed by atoms with E-state index in [1.165, 1.54) is 0 Å². The summed E-state index contributed by atoms with van der Waals surface area (Å²) in [5, 5.41) is 0. The maximum absolute atomic E-state index is 0. The molecule has 0 aliphatic rings. The van der Waals surface area contributed by atoms with Gasteiger partial charge in [-0.2, -0.15) is 9.90 Å². The Labute approximate surface area is 106 Å². The van der Waals surface area contributed by atoms with Crippen molar-refractivity contribution in [2.45, 2.75) is 0 Å². The Morgan fingerprint density at radius 3 is 1.00 bits per heavy atom. The van der Waals surface area contributed by atoms with E-state index < -0.39 is 0 Å². The standard InChI is InChI=1S/Cu.Fe.Mo.H3P.Sb.V.3H/h;;;1H3;;;;;. The van der Waals surface area contributed by atoms with E-state index in [9.17, 15) is 0 Å². The second kappa shape index (κ2) is 38.6. The summed E-state index contributed by atoms with van der Waals surface area (Å²) in [5.41, 5.74) is 0. The monoisotopic (exact) mass is 426 g/mol. The van der Waals surface area contributed by atoms with Gasteiger partial charge in [-0.25, -0.2) is 0 Å². The first-order chi connectivity index (χ1) is 0. The van der Waals surface area contributed by atoms with E-state index in [0.717, 1.165) is 0 Å². The van der Waals surface area contributed by atoms with Gasteiger partial charge in [-0.05, 0) is 0 Å². The van der Waals surface area contributed by atoms with Crippen molar-refractivity contribution in [1.82, 2.24) is 0 Å². The van der Waals surface area contributed by atoms with Crippen molar-refractivity contribution >= 4 is 34.3 Å². The van der Waals surface area contributed by atoms with Crippen LogP contribution in [0.25, 0.3) is 0 Å². The first-order valence-corrected chi connectivity index (χ1v) is 0. The first-order valence-electron chi connectivity index (χ1n) is 0. The second-order valence-electron chi connectivity index (χ2n) is 0. The topological polar surface area (TPSA) is 0 Å². The molecule has 6 heteroatoms. The van der Waals surface area contributed by atoms with Crippen LogP contribution >= 0.6 is 9.90 Å². The van der Waals surface area contributed by atoms with E-state index in [2.05, 4.69) is 0 Å². The van der Waals surface area contributed by atoms with E-state index >= 15 is 0 Å². The van der Waals surface area contributed by atoms with Crippen LogP contribution in [0.2, 0.25) is 0 Å². The van der Waals surface area contributed by atoms with Gasteiger partial charge in [-0.1, -0.05) is 0 Å². The molecule has 2 radical (unpaired) electrons. The summed E-state index contributed by atoms with van der Waals surface area (Å²) in [6.07, 6.45) is 0. The van der Waals surface area contributed by atoms with Crippen molar-refractivity contribution in [2.75, 3.05) is 0 Å². The Morgan fingerprint density at radius 1 is 1.00 bits per heavy atom. The maximum atomic E-state index is 0. The summed E-state index contributed by atoms with van der Waals surface area (Å²) in [6.45, 7) is 0. The molecule has 0 N–H and O–H groups in total. The average molecular weight is 425 g/mol. The molecule has 0 spiro atoms. The van der Waals surface area contributed by atoms with Crippen LogP contribution in [0, 0.1) is 0 Å². The van der Waals surface area contributed by atoms with Gasteiger partial charge in [-0.3, -0.25) is 0 Å². The molecule has 0 nitrogen and oxygen atoms in total. The minimum absolute atomic E-state index is 0. The van der Waals surface area contributed by atoms with E-state index in [1.54, 1.807) is 0 Å². The zero-order valence-electron chi connectivity index (χ0n) is 2.92. The molecule has 0 aromatic carbocycles. The predicted octanol–water partition coefficient (Wildman–Crippen LogP) is -1.14. The van der Waals surface area contributed by atoms with Crippen molar-refractivity contribution in [3.05, 3.63) is 0 Å². The molecule has 46 valence electrons. The molecule has 0 amide bonds. The van der Waals surface area contributed by atoms with Crippen molar-refractivity contribution in [3.8, 4) is 0 Å². The summed E-state index contributed by atoms with van der Waals surface area (Å²) in [7, 11) is 0. The van der Waals surface area contributed by atoms with Crippen molar-refractivity contribution < 1.29 is 73.8 Å². The largest absolute Gasteiger partial charge is 0 e. The molecule has 0 aromatic rings. The van der Waals surface area contributed by atoms with Crippen molar-refractivity contribution in [1.29, 1.82) is 0 Å². The number of hydrogen-bond acceptors (Lipinski definition) is 0. The van der Waals surface area contributed by atoms with Crippen LogP contribution in [0.4, 0.5) is 0 Å². The molecule has 1 atom stereocenters. The van der Waals surface area contributed by atoms with Crippen LogP contribution in [-0.2, 0) is 73.8 Å². The molecule has 0 aromatic heterocycles. The van der Waals surface area contributed by atoms with Gasteiger partial charge >= 0.3 is 24.4 Å². The molecule has 0 saturated heterocycles. The van der Waals surface area contributed by atoms with Crippen LogP contribution in [-0.4, -0.2) is 24.4 Å². The molecule has 6 heavy (non-hydrogen) atoms. The molecule has 0 fully saturated rings. The Hall–Kier alpha value is 3.56. The molecular formula is H6CuFeMoPSbV. The zero-order valence-corrected chi connectivity index (χ0v) is 13.8. The van der Waals surface area contributed by atoms with Gasteiger partial charge in [0, 0.05) is 73.8 Å². The fourth-order valence-electron chi connectivity index (χ4n) is 0. The predicted molar refractivity (Wildman–Crippen MR) is 21.0 cm³/mol. The molecule has 0 bridgehead atoms. The molecule has 0 heterocycles. The molecule has 1 unspecified atom stereocenters. The van der Waals surface area contributed by atoms with Gasteiger partial charge in [0.1, 0.15) is 0 Å². The summed E-state index contributed by atoms with van der Waals surface area (Å²) in [4.78, 5) is 0. The van der Waals surface area contributed by atoms with Crippen LogP contribution in [0.15, 0.2) is 0 Å². The maximum Gasteiger partial charge on any atom is 0 e. The van der Waals surface area contributed by atoms with Crippen LogP contribution in [0.5, 0.6) is 0 Å². The van der Waals surface area contributed by atoms with Crippen LogP contribution < -0.4 is 0 Å². The Morgan fingerprint density at radius 2 is 1.00 bits per heavy atom. The van der Waals surface area contributed by atoms with Gasteiger partial charge in [-0.15, -0.1) is 0 Å². The number of hydrogen-bond donors (Lipinski definition) is 0. The van der Waals surface area contributed by atoms with Crippen LogP contribution in [0.1, 0.15) is 0 Å². The average Bonchev–Trinajstić information content (AvgIpc) is 0. The minimum Gasteiger partial charge on any atom is 0 e. The molecular weight excluding hydrogens is 419 g/mol. The Balaban J connectivity index is 0. The minimum atomic E-state index is 0. The van der Waals surface area contributed by atoms with Gasteiger partial charge in [0.2, 0.25) is 0 Å². The normalized spacial score (nSPS) is 0. The zero-order chi connectivity index (χ0) is 0. The van der Waals surface area contributed by atoms with Gasteiger partial charge in [0.05, 0.1) is 0 Å². The van der Waals surface area contributed by atoms with E-state index in [-0.39, 0.29) is 108 Å². The third-order valence-electron chi connectivity index (χ3n) is 0. The fourth-order valence-corrected chi connectivity index (χ4v) is 0. The van der Waals surface area contributed by atoms with Crippen LogP contribution in [0.3, 0.4) is 0 Å². The van der Waals surface area contributed by atoms with E-state index in [0.29, 0.717) is 0 Å². The SMILES string of the molecule is P.[Cu].[Fe].[Mo].[SbH3].[V]. The van der Waals surface area contributed by atoms with E-state index in [1.807, 2.05) is 0 Å². The van der Waals surface area contributed by atoms with Gasteiger partial charge < -0.3 is 0 Å². The second-order valence-corrected chi connectivity index (χ2v) is 0. The fraction of sp³-hybridized carbons (Fsp3) is 0. The first kappa shape index (κ1) is 55.3. The quantitative estimate of drug-likeness (QED) is 0.341. The summed E-state index contributed by atoms with van der Waals surface area (Å²) >= 11 is 0. The summed E-state index contributed by atoms with van der Waals surface area (Å²) in [5.74, 6) is 0.